The molecule has 6 nitrogen and oxygen atoms in total. The summed E-state index contributed by atoms with van der Waals surface area (Å²) in [6, 6.07) is 18.6. The number of para-hydroxylation sites is 1. The molecular formula is C21H22N4O2. The van der Waals surface area contributed by atoms with Crippen molar-refractivity contribution in [3.8, 4) is 23.0 Å². The molecule has 0 saturated carbocycles. The SMILES string of the molecule is c1ccc(Oc2cccc(-c3nnc(N4CCN5CCC4CC5)o3)c2)cc1. The number of benzene rings is 2. The van der Waals surface area contributed by atoms with Gasteiger partial charge in [0.2, 0.25) is 5.89 Å². The number of rotatable bonds is 4. The molecule has 6 heteroatoms. The molecule has 3 saturated heterocycles. The zero-order chi connectivity index (χ0) is 18.1. The van der Waals surface area contributed by atoms with Crippen molar-refractivity contribution in [1.82, 2.24) is 15.1 Å². The molecule has 0 N–H and O–H groups in total. The molecule has 2 aromatic carbocycles. The van der Waals surface area contributed by atoms with Gasteiger partial charge in [-0.25, -0.2) is 0 Å². The Bertz CT molecular complexity index is 903. The van der Waals surface area contributed by atoms with Gasteiger partial charge in [-0.3, -0.25) is 0 Å². The first-order chi connectivity index (χ1) is 13.3. The Labute approximate surface area is 158 Å². The summed E-state index contributed by atoms with van der Waals surface area (Å²) < 4.78 is 12.0. The third-order valence-electron chi connectivity index (χ3n) is 5.37. The number of nitrogens with zero attached hydrogens (tertiary/aromatic N) is 4. The maximum Gasteiger partial charge on any atom is 0.318 e. The fraction of sp³-hybridized carbons (Fsp3) is 0.333. The Balaban J connectivity index is 1.37. The van der Waals surface area contributed by atoms with Crippen LogP contribution in [0.25, 0.3) is 11.5 Å². The summed E-state index contributed by atoms with van der Waals surface area (Å²) in [6.07, 6.45) is 2.33. The third-order valence-corrected chi connectivity index (χ3v) is 5.37. The van der Waals surface area contributed by atoms with Crippen molar-refractivity contribution in [2.75, 3.05) is 31.1 Å². The van der Waals surface area contributed by atoms with Gasteiger partial charge in [0.05, 0.1) is 0 Å². The van der Waals surface area contributed by atoms with E-state index in [-0.39, 0.29) is 0 Å². The number of fused-ring (bicyclic) bond motifs is 4. The normalized spacial score (nSPS) is 21.9. The number of hydrogen-bond acceptors (Lipinski definition) is 6. The zero-order valence-electron chi connectivity index (χ0n) is 15.1. The Hall–Kier alpha value is -2.86. The van der Waals surface area contributed by atoms with Crippen LogP contribution in [0.5, 0.6) is 11.5 Å². The van der Waals surface area contributed by atoms with Crippen molar-refractivity contribution in [3.63, 3.8) is 0 Å². The van der Waals surface area contributed by atoms with Crippen molar-refractivity contribution in [2.45, 2.75) is 18.9 Å². The molecule has 3 fully saturated rings. The fourth-order valence-corrected chi connectivity index (χ4v) is 3.90. The lowest BCUT2D eigenvalue weighted by Gasteiger charge is -2.29. The van der Waals surface area contributed by atoms with Crippen LogP contribution in [-0.4, -0.2) is 47.3 Å². The van der Waals surface area contributed by atoms with Crippen LogP contribution in [0.15, 0.2) is 59.0 Å². The summed E-state index contributed by atoms with van der Waals surface area (Å²) in [5.74, 6) is 2.08. The standard InChI is InChI=1S/C21H22N4O2/c1-2-6-18(7-3-1)26-19-8-4-5-16(15-19)20-22-23-21(27-20)25-14-13-24-11-9-17(25)10-12-24/h1-8,15,17H,9-14H2. The van der Waals surface area contributed by atoms with E-state index in [2.05, 4.69) is 20.0 Å². The first-order valence-electron chi connectivity index (χ1n) is 9.51. The molecule has 0 atom stereocenters. The number of ether oxygens (including phenoxy) is 1. The summed E-state index contributed by atoms with van der Waals surface area (Å²) in [7, 11) is 0. The number of piperidine rings is 1. The van der Waals surface area contributed by atoms with E-state index in [1.165, 1.54) is 13.1 Å². The maximum absolute atomic E-state index is 6.05. The lowest BCUT2D eigenvalue weighted by molar-refractivity contribution is 0.249. The Morgan fingerprint density at radius 3 is 2.52 bits per heavy atom. The highest BCUT2D eigenvalue weighted by molar-refractivity contribution is 5.57. The molecule has 0 spiro atoms. The topological polar surface area (TPSA) is 54.6 Å². The first kappa shape index (κ1) is 16.3. The fourth-order valence-electron chi connectivity index (χ4n) is 3.90. The highest BCUT2D eigenvalue weighted by atomic mass is 16.5. The first-order valence-corrected chi connectivity index (χ1v) is 9.51. The minimum Gasteiger partial charge on any atom is -0.457 e. The Kier molecular flexibility index (Phi) is 4.26. The molecule has 6 rings (SSSR count). The zero-order valence-corrected chi connectivity index (χ0v) is 15.1. The molecule has 3 aliphatic heterocycles. The van der Waals surface area contributed by atoms with Crippen molar-refractivity contribution >= 4 is 6.01 Å². The van der Waals surface area contributed by atoms with Crippen LogP contribution >= 0.6 is 0 Å². The van der Waals surface area contributed by atoms with E-state index in [0.717, 1.165) is 43.0 Å². The molecular weight excluding hydrogens is 340 g/mol. The lowest BCUT2D eigenvalue weighted by atomic mass is 10.1. The van der Waals surface area contributed by atoms with Gasteiger partial charge in [0.25, 0.3) is 0 Å². The average Bonchev–Trinajstić information content (AvgIpc) is 3.01. The van der Waals surface area contributed by atoms with Crippen molar-refractivity contribution in [3.05, 3.63) is 54.6 Å². The van der Waals surface area contributed by atoms with Gasteiger partial charge >= 0.3 is 6.01 Å². The van der Waals surface area contributed by atoms with Crippen LogP contribution in [-0.2, 0) is 0 Å². The van der Waals surface area contributed by atoms with Crippen LogP contribution in [0.1, 0.15) is 12.8 Å². The molecule has 0 radical (unpaired) electrons. The van der Waals surface area contributed by atoms with E-state index in [0.29, 0.717) is 17.9 Å². The summed E-state index contributed by atoms with van der Waals surface area (Å²) in [5.41, 5.74) is 0.866. The molecule has 3 aliphatic rings. The molecule has 0 aliphatic carbocycles. The predicted molar refractivity (Wildman–Crippen MR) is 103 cm³/mol. The van der Waals surface area contributed by atoms with Gasteiger partial charge in [0.1, 0.15) is 11.5 Å². The van der Waals surface area contributed by atoms with Crippen LogP contribution in [0.2, 0.25) is 0 Å². The van der Waals surface area contributed by atoms with E-state index < -0.39 is 0 Å². The van der Waals surface area contributed by atoms with Gasteiger partial charge < -0.3 is 19.0 Å². The number of aromatic nitrogens is 2. The molecule has 138 valence electrons. The van der Waals surface area contributed by atoms with Crippen LogP contribution in [0, 0.1) is 0 Å². The molecule has 4 heterocycles. The van der Waals surface area contributed by atoms with Gasteiger partial charge in [-0.15, -0.1) is 5.10 Å². The monoisotopic (exact) mass is 362 g/mol. The number of hydrogen-bond donors (Lipinski definition) is 0. The van der Waals surface area contributed by atoms with Gasteiger partial charge in [-0.05, 0) is 43.2 Å². The maximum atomic E-state index is 6.05. The van der Waals surface area contributed by atoms with E-state index in [1.807, 2.05) is 54.6 Å². The molecule has 0 unspecified atom stereocenters. The average molecular weight is 362 g/mol. The summed E-state index contributed by atoms with van der Waals surface area (Å²) in [6.45, 7) is 4.35. The minimum atomic E-state index is 0.504. The van der Waals surface area contributed by atoms with Crippen molar-refractivity contribution in [1.29, 1.82) is 0 Å². The minimum absolute atomic E-state index is 0.504. The molecule has 0 amide bonds. The molecule has 2 bridgehead atoms. The summed E-state index contributed by atoms with van der Waals surface area (Å²) in [4.78, 5) is 4.80. The summed E-state index contributed by atoms with van der Waals surface area (Å²) >= 11 is 0. The molecule has 27 heavy (non-hydrogen) atoms. The van der Waals surface area contributed by atoms with Crippen LogP contribution in [0.3, 0.4) is 0 Å². The van der Waals surface area contributed by atoms with E-state index in [1.54, 1.807) is 0 Å². The predicted octanol–water partition coefficient (Wildman–Crippen LogP) is 3.81. The third kappa shape index (κ3) is 3.40. The summed E-state index contributed by atoms with van der Waals surface area (Å²) in [5, 5.41) is 8.63. The second-order valence-electron chi connectivity index (χ2n) is 7.10. The molecule has 3 aromatic rings. The van der Waals surface area contributed by atoms with E-state index in [9.17, 15) is 0 Å². The highest BCUT2D eigenvalue weighted by Gasteiger charge is 2.31. The van der Waals surface area contributed by atoms with Gasteiger partial charge in [0.15, 0.2) is 0 Å². The smallest absolute Gasteiger partial charge is 0.318 e. The quantitative estimate of drug-likeness (QED) is 0.703. The van der Waals surface area contributed by atoms with Crippen molar-refractivity contribution < 1.29 is 9.15 Å². The Morgan fingerprint density at radius 2 is 1.67 bits per heavy atom. The highest BCUT2D eigenvalue weighted by Crippen LogP contribution is 2.30. The second kappa shape index (κ2) is 7.04. The van der Waals surface area contributed by atoms with Gasteiger partial charge in [0, 0.05) is 37.8 Å². The lowest BCUT2D eigenvalue weighted by Crippen LogP contribution is -2.38. The molecule has 1 aromatic heterocycles. The van der Waals surface area contributed by atoms with Gasteiger partial charge in [-0.2, -0.15) is 0 Å². The largest absolute Gasteiger partial charge is 0.457 e. The van der Waals surface area contributed by atoms with E-state index >= 15 is 0 Å². The van der Waals surface area contributed by atoms with E-state index in [4.69, 9.17) is 9.15 Å². The Morgan fingerprint density at radius 1 is 0.852 bits per heavy atom. The number of anilines is 1. The second-order valence-corrected chi connectivity index (χ2v) is 7.10. The van der Waals surface area contributed by atoms with Crippen molar-refractivity contribution in [2.24, 2.45) is 0 Å². The van der Waals surface area contributed by atoms with Crippen LogP contribution < -0.4 is 9.64 Å². The van der Waals surface area contributed by atoms with Gasteiger partial charge in [-0.1, -0.05) is 29.4 Å². The van der Waals surface area contributed by atoms with Crippen LogP contribution in [0.4, 0.5) is 6.01 Å².